The van der Waals surface area contributed by atoms with Gasteiger partial charge in [0.15, 0.2) is 0 Å². The lowest BCUT2D eigenvalue weighted by molar-refractivity contribution is 0.111. The van der Waals surface area contributed by atoms with Crippen molar-refractivity contribution < 1.29 is 9.50 Å². The molecule has 0 radical (unpaired) electrons. The second-order valence-electron chi connectivity index (χ2n) is 3.32. The zero-order valence-electron chi connectivity index (χ0n) is 7.84. The van der Waals surface area contributed by atoms with Crippen LogP contribution in [0.2, 0.25) is 0 Å². The summed E-state index contributed by atoms with van der Waals surface area (Å²) in [5.74, 6) is -0.306. The molecule has 0 bridgehead atoms. The fourth-order valence-corrected chi connectivity index (χ4v) is 1.03. The lowest BCUT2D eigenvalue weighted by Crippen LogP contribution is -2.17. The molecule has 0 saturated heterocycles. The van der Waals surface area contributed by atoms with Crippen LogP contribution >= 0.6 is 0 Å². The Hall–Kier alpha value is -1.15. The molecular formula is C11H13FO. The third kappa shape index (κ3) is 1.95. The number of aliphatic hydroxyl groups is 1. The topological polar surface area (TPSA) is 20.2 Å². The van der Waals surface area contributed by atoms with Gasteiger partial charge >= 0.3 is 0 Å². The lowest BCUT2D eigenvalue weighted by atomic mass is 9.95. The number of rotatable bonds is 2. The molecular weight excluding hydrogens is 167 g/mol. The van der Waals surface area contributed by atoms with Crippen LogP contribution in [-0.4, -0.2) is 5.11 Å². The van der Waals surface area contributed by atoms with Crippen molar-refractivity contribution >= 4 is 0 Å². The van der Waals surface area contributed by atoms with Crippen molar-refractivity contribution in [3.05, 3.63) is 47.8 Å². The highest BCUT2D eigenvalue weighted by atomic mass is 19.1. The molecule has 1 N–H and O–H groups in total. The number of benzene rings is 1. The zero-order chi connectivity index (χ0) is 10.1. The molecule has 13 heavy (non-hydrogen) atoms. The van der Waals surface area contributed by atoms with E-state index in [1.807, 2.05) is 0 Å². The van der Waals surface area contributed by atoms with Gasteiger partial charge in [0.2, 0.25) is 0 Å². The minimum absolute atomic E-state index is 0.306. The molecule has 0 spiro atoms. The number of aryl methyl sites for hydroxylation is 1. The maximum absolute atomic E-state index is 13.1. The van der Waals surface area contributed by atoms with Crippen LogP contribution in [0.4, 0.5) is 4.39 Å². The Bertz CT molecular complexity index is 329. The van der Waals surface area contributed by atoms with Crippen LogP contribution in [0.1, 0.15) is 18.1 Å². The van der Waals surface area contributed by atoms with E-state index in [4.69, 9.17) is 0 Å². The summed E-state index contributed by atoms with van der Waals surface area (Å²) >= 11 is 0. The summed E-state index contributed by atoms with van der Waals surface area (Å²) in [4.78, 5) is 0. The summed E-state index contributed by atoms with van der Waals surface area (Å²) in [5, 5.41) is 9.73. The Kier molecular flexibility index (Phi) is 2.52. The summed E-state index contributed by atoms with van der Waals surface area (Å²) in [6.07, 6.45) is 1.39. The van der Waals surface area contributed by atoms with E-state index in [9.17, 15) is 9.50 Å². The molecule has 2 heteroatoms. The van der Waals surface area contributed by atoms with Crippen LogP contribution in [0.5, 0.6) is 0 Å². The van der Waals surface area contributed by atoms with Gasteiger partial charge in [-0.2, -0.15) is 0 Å². The fraction of sp³-hybridized carbons (Fsp3) is 0.273. The summed E-state index contributed by atoms with van der Waals surface area (Å²) in [6.45, 7) is 6.74. The third-order valence-corrected chi connectivity index (χ3v) is 2.15. The maximum Gasteiger partial charge on any atom is 0.126 e. The van der Waals surface area contributed by atoms with E-state index in [0.717, 1.165) is 0 Å². The summed E-state index contributed by atoms with van der Waals surface area (Å²) in [6, 6.07) is 4.67. The van der Waals surface area contributed by atoms with Gasteiger partial charge in [-0.05, 0) is 31.0 Å². The molecule has 1 rings (SSSR count). The molecule has 1 unspecified atom stereocenters. The third-order valence-electron chi connectivity index (χ3n) is 2.15. The van der Waals surface area contributed by atoms with Crippen LogP contribution in [0.3, 0.4) is 0 Å². The minimum atomic E-state index is -1.16. The van der Waals surface area contributed by atoms with Crippen LogP contribution in [0.15, 0.2) is 30.9 Å². The molecule has 0 aromatic heterocycles. The smallest absolute Gasteiger partial charge is 0.126 e. The standard InChI is InChI=1S/C11H13FO/c1-4-11(3,13)9-6-5-8(2)10(12)7-9/h4-7,13H,1H2,2-3H3. The predicted octanol–water partition coefficient (Wildman–Crippen LogP) is 2.53. The molecule has 1 nitrogen and oxygen atoms in total. The quantitative estimate of drug-likeness (QED) is 0.693. The van der Waals surface area contributed by atoms with Crippen molar-refractivity contribution in [2.75, 3.05) is 0 Å². The van der Waals surface area contributed by atoms with Gasteiger partial charge in [0.25, 0.3) is 0 Å². The molecule has 0 aliphatic rings. The molecule has 0 aliphatic heterocycles. The van der Waals surface area contributed by atoms with Gasteiger partial charge in [-0.3, -0.25) is 0 Å². The van der Waals surface area contributed by atoms with Gasteiger partial charge in [-0.15, -0.1) is 0 Å². The molecule has 0 heterocycles. The summed E-state index contributed by atoms with van der Waals surface area (Å²) in [7, 11) is 0. The van der Waals surface area contributed by atoms with Gasteiger partial charge in [0.05, 0.1) is 0 Å². The highest BCUT2D eigenvalue weighted by Gasteiger charge is 2.18. The monoisotopic (exact) mass is 180 g/mol. The highest BCUT2D eigenvalue weighted by Crippen LogP contribution is 2.23. The second-order valence-corrected chi connectivity index (χ2v) is 3.32. The molecule has 70 valence electrons. The second kappa shape index (κ2) is 3.30. The minimum Gasteiger partial charge on any atom is -0.381 e. The predicted molar refractivity (Wildman–Crippen MR) is 50.9 cm³/mol. The van der Waals surface area contributed by atoms with Gasteiger partial charge < -0.3 is 5.11 Å². The molecule has 0 amide bonds. The van der Waals surface area contributed by atoms with Crippen LogP contribution < -0.4 is 0 Å². The Morgan fingerprint density at radius 1 is 1.54 bits per heavy atom. The van der Waals surface area contributed by atoms with E-state index in [1.54, 1.807) is 26.0 Å². The van der Waals surface area contributed by atoms with Crippen molar-refractivity contribution in [1.82, 2.24) is 0 Å². The van der Waals surface area contributed by atoms with Crippen molar-refractivity contribution in [2.24, 2.45) is 0 Å². The van der Waals surface area contributed by atoms with E-state index in [0.29, 0.717) is 11.1 Å². The summed E-state index contributed by atoms with van der Waals surface area (Å²) < 4.78 is 13.1. The van der Waals surface area contributed by atoms with Crippen LogP contribution in [-0.2, 0) is 5.60 Å². The van der Waals surface area contributed by atoms with E-state index in [2.05, 4.69) is 6.58 Å². The Balaban J connectivity index is 3.18. The normalized spacial score (nSPS) is 15.1. The highest BCUT2D eigenvalue weighted by molar-refractivity contribution is 5.30. The largest absolute Gasteiger partial charge is 0.381 e. The number of hydrogen-bond acceptors (Lipinski definition) is 1. The van der Waals surface area contributed by atoms with E-state index >= 15 is 0 Å². The molecule has 1 aromatic carbocycles. The first-order chi connectivity index (χ1) is 5.97. The van der Waals surface area contributed by atoms with Crippen molar-refractivity contribution in [3.8, 4) is 0 Å². The summed E-state index contributed by atoms with van der Waals surface area (Å²) in [5.41, 5.74) is -0.0663. The zero-order valence-corrected chi connectivity index (χ0v) is 7.84. The van der Waals surface area contributed by atoms with Crippen LogP contribution in [0.25, 0.3) is 0 Å². The van der Waals surface area contributed by atoms with Gasteiger partial charge in [0, 0.05) is 0 Å². The first-order valence-electron chi connectivity index (χ1n) is 4.10. The van der Waals surface area contributed by atoms with Gasteiger partial charge in [0.1, 0.15) is 11.4 Å². The molecule has 0 fully saturated rings. The van der Waals surface area contributed by atoms with Gasteiger partial charge in [-0.25, -0.2) is 4.39 Å². The first kappa shape index (κ1) is 9.93. The van der Waals surface area contributed by atoms with Crippen molar-refractivity contribution in [1.29, 1.82) is 0 Å². The van der Waals surface area contributed by atoms with E-state index in [1.165, 1.54) is 12.1 Å². The lowest BCUT2D eigenvalue weighted by Gasteiger charge is -2.19. The van der Waals surface area contributed by atoms with Crippen molar-refractivity contribution in [2.45, 2.75) is 19.4 Å². The molecule has 0 aliphatic carbocycles. The number of halogens is 1. The average Bonchev–Trinajstić information content (AvgIpc) is 2.09. The first-order valence-corrected chi connectivity index (χ1v) is 4.10. The van der Waals surface area contributed by atoms with Crippen LogP contribution in [0, 0.1) is 12.7 Å². The molecule has 0 saturated carbocycles. The Morgan fingerprint density at radius 2 is 2.15 bits per heavy atom. The molecule has 1 aromatic rings. The average molecular weight is 180 g/mol. The SMILES string of the molecule is C=CC(C)(O)c1ccc(C)c(F)c1. The maximum atomic E-state index is 13.1. The Morgan fingerprint density at radius 3 is 2.62 bits per heavy atom. The Labute approximate surface area is 77.5 Å². The van der Waals surface area contributed by atoms with Gasteiger partial charge in [-0.1, -0.05) is 24.8 Å². The van der Waals surface area contributed by atoms with E-state index < -0.39 is 5.60 Å². The molecule has 1 atom stereocenters. The number of hydrogen-bond donors (Lipinski definition) is 1. The fourth-order valence-electron chi connectivity index (χ4n) is 1.03. The van der Waals surface area contributed by atoms with Crippen molar-refractivity contribution in [3.63, 3.8) is 0 Å². The van der Waals surface area contributed by atoms with E-state index in [-0.39, 0.29) is 5.82 Å².